The number of hydrogen-bond donors (Lipinski definition) is 2. The minimum Gasteiger partial charge on any atom is -0.396 e. The maximum atomic E-state index is 13.6. The zero-order valence-electron chi connectivity index (χ0n) is 21.1. The van der Waals surface area contributed by atoms with Gasteiger partial charge in [0.05, 0.1) is 16.2 Å². The van der Waals surface area contributed by atoms with Gasteiger partial charge in [0, 0.05) is 17.9 Å². The van der Waals surface area contributed by atoms with Crippen LogP contribution in [0.1, 0.15) is 47.8 Å². The number of aliphatic hydroxyl groups excluding tert-OH is 1. The lowest BCUT2D eigenvalue weighted by atomic mass is 9.93. The molecule has 0 aliphatic rings. The Hall–Kier alpha value is -3.17. The number of sulfone groups is 1. The van der Waals surface area contributed by atoms with E-state index < -0.39 is 32.9 Å². The first kappa shape index (κ1) is 28.4. The van der Waals surface area contributed by atoms with Crippen LogP contribution in [0.4, 0.5) is 18.9 Å². The fourth-order valence-corrected chi connectivity index (χ4v) is 6.34. The Kier molecular flexibility index (Phi) is 8.19. The minimum absolute atomic E-state index is 0.0148. The molecule has 3 aromatic rings. The summed E-state index contributed by atoms with van der Waals surface area (Å²) in [6.45, 7) is 6.83. The highest BCUT2D eigenvalue weighted by molar-refractivity contribution is 7.91. The highest BCUT2D eigenvalue weighted by Crippen LogP contribution is 2.39. The lowest BCUT2D eigenvalue weighted by molar-refractivity contribution is -0.137. The molecule has 0 unspecified atom stereocenters. The molecule has 1 amide bonds. The minimum atomic E-state index is -4.55. The summed E-state index contributed by atoms with van der Waals surface area (Å²) < 4.78 is 66.3. The zero-order valence-corrected chi connectivity index (χ0v) is 21.9. The summed E-state index contributed by atoms with van der Waals surface area (Å²) in [5.41, 5.74) is 0.534. The number of amides is 1. The van der Waals surface area contributed by atoms with E-state index in [9.17, 15) is 31.5 Å². The Labute approximate surface area is 215 Å². The van der Waals surface area contributed by atoms with Crippen molar-refractivity contribution in [3.63, 3.8) is 0 Å². The van der Waals surface area contributed by atoms with E-state index in [2.05, 4.69) is 5.32 Å². The van der Waals surface area contributed by atoms with Crippen LogP contribution in [0, 0.1) is 12.3 Å². The number of halogens is 3. The topological polar surface area (TPSA) is 83.5 Å². The van der Waals surface area contributed by atoms with Crippen molar-refractivity contribution >= 4 is 21.4 Å². The van der Waals surface area contributed by atoms with Gasteiger partial charge in [-0.2, -0.15) is 13.2 Å². The summed E-state index contributed by atoms with van der Waals surface area (Å²) in [4.78, 5) is 13.1. The fraction of sp³-hybridized carbons (Fsp3) is 0.321. The average Bonchev–Trinajstić information content (AvgIpc) is 2.77. The van der Waals surface area contributed by atoms with Crippen molar-refractivity contribution in [2.75, 3.05) is 17.7 Å². The van der Waals surface area contributed by atoms with E-state index in [1.165, 1.54) is 54.6 Å². The molecule has 0 atom stereocenters. The standard InChI is InChI=1S/C28H30F3NO4S/c1-18-15-20(9-12-25(18)37(35,36)17-27(2,3)4)26(34)32-21-10-11-22(19(16-21)13-14-33)23-7-5-6-8-24(23)28(29,30)31/h5-12,15-16,33H,13-14,17H2,1-4H3,(H,32,34). The molecule has 3 rings (SSSR count). The van der Waals surface area contributed by atoms with Crippen LogP contribution in [-0.4, -0.2) is 31.8 Å². The molecule has 5 nitrogen and oxygen atoms in total. The number of alkyl halides is 3. The Morgan fingerprint density at radius 2 is 1.62 bits per heavy atom. The number of aryl methyl sites for hydroxylation is 1. The summed E-state index contributed by atoms with van der Waals surface area (Å²) in [7, 11) is -3.54. The highest BCUT2D eigenvalue weighted by Gasteiger charge is 2.33. The van der Waals surface area contributed by atoms with Crippen LogP contribution in [0.5, 0.6) is 0 Å². The van der Waals surface area contributed by atoms with Crippen LogP contribution in [-0.2, 0) is 22.4 Å². The quantitative estimate of drug-likeness (QED) is 0.374. The SMILES string of the molecule is Cc1cc(C(=O)Nc2ccc(-c3ccccc3C(F)(F)F)c(CCO)c2)ccc1S(=O)(=O)CC(C)(C)C. The van der Waals surface area contributed by atoms with Crippen molar-refractivity contribution in [2.24, 2.45) is 5.41 Å². The largest absolute Gasteiger partial charge is 0.417 e. The van der Waals surface area contributed by atoms with Gasteiger partial charge in [0.1, 0.15) is 0 Å². The molecule has 198 valence electrons. The van der Waals surface area contributed by atoms with Crippen LogP contribution < -0.4 is 5.32 Å². The summed E-state index contributed by atoms with van der Waals surface area (Å²) in [6, 6.07) is 14.1. The fourth-order valence-electron chi connectivity index (χ4n) is 4.22. The number of hydrogen-bond acceptors (Lipinski definition) is 4. The molecule has 0 spiro atoms. The third kappa shape index (κ3) is 6.99. The third-order valence-corrected chi connectivity index (χ3v) is 8.04. The Morgan fingerprint density at radius 1 is 0.946 bits per heavy atom. The van der Waals surface area contributed by atoms with Crippen molar-refractivity contribution in [3.05, 3.63) is 82.9 Å². The van der Waals surface area contributed by atoms with Crippen LogP contribution in [0.3, 0.4) is 0 Å². The Morgan fingerprint density at radius 3 is 2.22 bits per heavy atom. The summed E-state index contributed by atoms with van der Waals surface area (Å²) in [5.74, 6) is -0.537. The lowest BCUT2D eigenvalue weighted by Crippen LogP contribution is -2.21. The number of rotatable bonds is 7. The summed E-state index contributed by atoms with van der Waals surface area (Å²) in [5, 5.41) is 12.2. The second-order valence-corrected chi connectivity index (χ2v) is 12.1. The van der Waals surface area contributed by atoms with Crippen molar-refractivity contribution in [1.29, 1.82) is 0 Å². The first-order chi connectivity index (χ1) is 17.1. The molecule has 37 heavy (non-hydrogen) atoms. The summed E-state index contributed by atoms with van der Waals surface area (Å²) in [6.07, 6.45) is -4.46. The molecule has 0 saturated carbocycles. The third-order valence-electron chi connectivity index (χ3n) is 5.66. The van der Waals surface area contributed by atoms with E-state index in [0.29, 0.717) is 22.4 Å². The van der Waals surface area contributed by atoms with E-state index in [1.54, 1.807) is 6.92 Å². The molecule has 3 aromatic carbocycles. The van der Waals surface area contributed by atoms with Gasteiger partial charge in [-0.15, -0.1) is 0 Å². The van der Waals surface area contributed by atoms with Crippen molar-refractivity contribution < 1.29 is 31.5 Å². The predicted octanol–water partition coefficient (Wildman–Crippen LogP) is 6.29. The number of anilines is 1. The van der Waals surface area contributed by atoms with Crippen LogP contribution >= 0.6 is 0 Å². The van der Waals surface area contributed by atoms with Crippen LogP contribution in [0.15, 0.2) is 65.6 Å². The first-order valence-corrected chi connectivity index (χ1v) is 13.3. The number of carbonyl (C=O) groups is 1. The first-order valence-electron chi connectivity index (χ1n) is 11.7. The number of carbonyl (C=O) groups excluding carboxylic acids is 1. The monoisotopic (exact) mass is 533 g/mol. The van der Waals surface area contributed by atoms with Crippen LogP contribution in [0.25, 0.3) is 11.1 Å². The molecule has 0 aromatic heterocycles. The second-order valence-electron chi connectivity index (χ2n) is 10.1. The molecule has 0 heterocycles. The molecular weight excluding hydrogens is 503 g/mol. The van der Waals surface area contributed by atoms with E-state index in [1.807, 2.05) is 20.8 Å². The maximum Gasteiger partial charge on any atom is 0.417 e. The molecule has 9 heteroatoms. The normalized spacial score (nSPS) is 12.4. The Balaban J connectivity index is 1.91. The highest BCUT2D eigenvalue weighted by atomic mass is 32.2. The van der Waals surface area contributed by atoms with Gasteiger partial charge < -0.3 is 10.4 Å². The van der Waals surface area contributed by atoms with Gasteiger partial charge in [-0.05, 0) is 77.4 Å². The predicted molar refractivity (Wildman–Crippen MR) is 138 cm³/mol. The van der Waals surface area contributed by atoms with Gasteiger partial charge in [0.2, 0.25) is 0 Å². The summed E-state index contributed by atoms with van der Waals surface area (Å²) >= 11 is 0. The van der Waals surface area contributed by atoms with E-state index >= 15 is 0 Å². The number of aliphatic hydroxyl groups is 1. The number of benzene rings is 3. The van der Waals surface area contributed by atoms with Gasteiger partial charge >= 0.3 is 6.18 Å². The van der Waals surface area contributed by atoms with E-state index in [-0.39, 0.29) is 34.8 Å². The molecule has 0 aliphatic carbocycles. The molecule has 0 bridgehead atoms. The Bertz CT molecular complexity index is 1410. The molecule has 0 fully saturated rings. The maximum absolute atomic E-state index is 13.6. The molecule has 0 saturated heterocycles. The van der Waals surface area contributed by atoms with Gasteiger partial charge in [0.25, 0.3) is 5.91 Å². The molecular formula is C28H30F3NO4S. The van der Waals surface area contributed by atoms with E-state index in [0.717, 1.165) is 6.07 Å². The molecule has 0 aliphatic heterocycles. The van der Waals surface area contributed by atoms with Gasteiger partial charge in [-0.25, -0.2) is 8.42 Å². The van der Waals surface area contributed by atoms with Crippen molar-refractivity contribution in [1.82, 2.24) is 0 Å². The molecule has 0 radical (unpaired) electrons. The van der Waals surface area contributed by atoms with E-state index in [4.69, 9.17) is 0 Å². The average molecular weight is 534 g/mol. The zero-order chi connectivity index (χ0) is 27.6. The van der Waals surface area contributed by atoms with Crippen molar-refractivity contribution in [3.8, 4) is 11.1 Å². The number of nitrogens with one attached hydrogen (secondary N) is 1. The smallest absolute Gasteiger partial charge is 0.396 e. The lowest BCUT2D eigenvalue weighted by Gasteiger charge is -2.19. The van der Waals surface area contributed by atoms with Gasteiger partial charge in [0.15, 0.2) is 9.84 Å². The molecule has 2 N–H and O–H groups in total. The van der Waals surface area contributed by atoms with Crippen molar-refractivity contribution in [2.45, 2.75) is 45.2 Å². The van der Waals surface area contributed by atoms with Crippen LogP contribution in [0.2, 0.25) is 0 Å². The van der Waals surface area contributed by atoms with Gasteiger partial charge in [-0.1, -0.05) is 45.0 Å². The van der Waals surface area contributed by atoms with Gasteiger partial charge in [-0.3, -0.25) is 4.79 Å². The second kappa shape index (κ2) is 10.7.